The lowest BCUT2D eigenvalue weighted by Gasteiger charge is -2.26. The van der Waals surface area contributed by atoms with Crippen molar-refractivity contribution in [3.63, 3.8) is 0 Å². The molecule has 0 saturated heterocycles. The van der Waals surface area contributed by atoms with E-state index in [0.29, 0.717) is 0 Å². The molecule has 4 N–H and O–H groups in total. The zero-order valence-corrected chi connectivity index (χ0v) is 8.64. The first kappa shape index (κ1) is 11.7. The van der Waals surface area contributed by atoms with Crippen LogP contribution >= 0.6 is 0 Å². The van der Waals surface area contributed by atoms with Crippen molar-refractivity contribution in [1.82, 2.24) is 0 Å². The van der Waals surface area contributed by atoms with E-state index < -0.39 is 17.2 Å². The monoisotopic (exact) mass is 216 g/mol. The predicted octanol–water partition coefficient (Wildman–Crippen LogP) is 1.73. The van der Waals surface area contributed by atoms with Crippen LogP contribution in [-0.4, -0.2) is 17.3 Å². The molecule has 0 aliphatic rings. The molecule has 0 unspecified atom stereocenters. The molecular weight excluding hydrogens is 202 g/mol. The number of anilines is 2. The summed E-state index contributed by atoms with van der Waals surface area (Å²) in [7, 11) is 0. The van der Waals surface area contributed by atoms with Gasteiger partial charge in [0.2, 0.25) is 0 Å². The topological polar surface area (TPSA) is 58.3 Å². The third-order valence-corrected chi connectivity index (χ3v) is 1.99. The SMILES string of the molecule is CC(C)(CO)Nc1c(N)ccc(F)c1F. The molecule has 0 saturated carbocycles. The van der Waals surface area contributed by atoms with E-state index in [4.69, 9.17) is 10.8 Å². The quantitative estimate of drug-likeness (QED) is 0.674. The summed E-state index contributed by atoms with van der Waals surface area (Å²) in [6.45, 7) is 3.08. The Hall–Kier alpha value is -1.36. The zero-order valence-electron chi connectivity index (χ0n) is 8.64. The second-order valence-corrected chi connectivity index (χ2v) is 3.99. The highest BCUT2D eigenvalue weighted by atomic mass is 19.2. The Labute approximate surface area is 86.9 Å². The highest BCUT2D eigenvalue weighted by molar-refractivity contribution is 5.67. The molecule has 0 aliphatic carbocycles. The van der Waals surface area contributed by atoms with Gasteiger partial charge in [0.1, 0.15) is 0 Å². The van der Waals surface area contributed by atoms with Crippen LogP contribution in [0.2, 0.25) is 0 Å². The molecule has 84 valence electrons. The van der Waals surface area contributed by atoms with Crippen molar-refractivity contribution in [2.24, 2.45) is 0 Å². The van der Waals surface area contributed by atoms with E-state index in [-0.39, 0.29) is 18.0 Å². The van der Waals surface area contributed by atoms with Crippen LogP contribution < -0.4 is 11.1 Å². The van der Waals surface area contributed by atoms with Crippen LogP contribution in [0.15, 0.2) is 12.1 Å². The normalized spacial score (nSPS) is 11.5. The van der Waals surface area contributed by atoms with Gasteiger partial charge in [-0.3, -0.25) is 0 Å². The van der Waals surface area contributed by atoms with Crippen LogP contribution in [0, 0.1) is 11.6 Å². The molecule has 0 amide bonds. The lowest BCUT2D eigenvalue weighted by Crippen LogP contribution is -2.35. The summed E-state index contributed by atoms with van der Waals surface area (Å²) in [6.07, 6.45) is 0. The second kappa shape index (κ2) is 4.02. The van der Waals surface area contributed by atoms with Crippen LogP contribution in [0.3, 0.4) is 0 Å². The second-order valence-electron chi connectivity index (χ2n) is 3.99. The van der Waals surface area contributed by atoms with Gasteiger partial charge in [-0.1, -0.05) is 0 Å². The fraction of sp³-hybridized carbons (Fsp3) is 0.400. The first-order chi connectivity index (χ1) is 6.87. The Balaban J connectivity index is 3.09. The molecule has 5 heteroatoms. The van der Waals surface area contributed by atoms with Gasteiger partial charge in [0.15, 0.2) is 11.6 Å². The number of aliphatic hydroxyl groups excluding tert-OH is 1. The maximum atomic E-state index is 13.3. The number of benzene rings is 1. The molecule has 0 bridgehead atoms. The van der Waals surface area contributed by atoms with Gasteiger partial charge in [-0.2, -0.15) is 0 Å². The van der Waals surface area contributed by atoms with Crippen LogP contribution in [-0.2, 0) is 0 Å². The minimum Gasteiger partial charge on any atom is -0.397 e. The van der Waals surface area contributed by atoms with Gasteiger partial charge in [-0.25, -0.2) is 8.78 Å². The van der Waals surface area contributed by atoms with Gasteiger partial charge < -0.3 is 16.2 Å². The Bertz CT molecular complexity index is 367. The largest absolute Gasteiger partial charge is 0.397 e. The number of rotatable bonds is 3. The Morgan fingerprint density at radius 1 is 1.40 bits per heavy atom. The third-order valence-electron chi connectivity index (χ3n) is 1.99. The average molecular weight is 216 g/mol. The minimum absolute atomic E-state index is 0.107. The molecule has 0 aromatic heterocycles. The van der Waals surface area contributed by atoms with Gasteiger partial charge in [-0.05, 0) is 26.0 Å². The molecule has 15 heavy (non-hydrogen) atoms. The summed E-state index contributed by atoms with van der Waals surface area (Å²) in [6, 6.07) is 2.23. The standard InChI is InChI=1S/C10H14F2N2O/c1-10(2,5-15)14-9-7(13)4-3-6(11)8(9)12/h3-4,14-15H,5,13H2,1-2H3. The van der Waals surface area contributed by atoms with Gasteiger partial charge in [-0.15, -0.1) is 0 Å². The Morgan fingerprint density at radius 3 is 2.53 bits per heavy atom. The lowest BCUT2D eigenvalue weighted by atomic mass is 10.1. The summed E-state index contributed by atoms with van der Waals surface area (Å²) in [4.78, 5) is 0. The molecule has 0 atom stereocenters. The number of hydrogen-bond donors (Lipinski definition) is 3. The molecule has 0 spiro atoms. The van der Waals surface area contributed by atoms with Crippen LogP contribution in [0.4, 0.5) is 20.2 Å². The number of hydrogen-bond acceptors (Lipinski definition) is 3. The van der Waals surface area contributed by atoms with E-state index in [2.05, 4.69) is 5.32 Å². The fourth-order valence-electron chi connectivity index (χ4n) is 1.07. The van der Waals surface area contributed by atoms with E-state index in [0.717, 1.165) is 6.07 Å². The van der Waals surface area contributed by atoms with Gasteiger partial charge >= 0.3 is 0 Å². The molecule has 1 aromatic carbocycles. The zero-order chi connectivity index (χ0) is 11.6. The van der Waals surface area contributed by atoms with Crippen molar-refractivity contribution in [2.75, 3.05) is 17.7 Å². The minimum atomic E-state index is -1.03. The van der Waals surface area contributed by atoms with Gasteiger partial charge in [0.05, 0.1) is 23.5 Å². The predicted molar refractivity (Wildman–Crippen MR) is 55.6 cm³/mol. The van der Waals surface area contributed by atoms with Crippen LogP contribution in [0.5, 0.6) is 0 Å². The smallest absolute Gasteiger partial charge is 0.183 e. The number of nitrogens with one attached hydrogen (secondary N) is 1. The molecule has 0 aliphatic heterocycles. The molecule has 0 heterocycles. The van der Waals surface area contributed by atoms with Crippen molar-refractivity contribution in [2.45, 2.75) is 19.4 Å². The van der Waals surface area contributed by atoms with Crippen molar-refractivity contribution in [3.05, 3.63) is 23.8 Å². The number of halogens is 2. The summed E-state index contributed by atoms with van der Waals surface area (Å²) in [5, 5.41) is 11.6. The summed E-state index contributed by atoms with van der Waals surface area (Å²) in [5.41, 5.74) is 4.73. The number of nitrogen functional groups attached to an aromatic ring is 1. The van der Waals surface area contributed by atoms with Crippen LogP contribution in [0.1, 0.15) is 13.8 Å². The van der Waals surface area contributed by atoms with E-state index in [1.807, 2.05) is 0 Å². The Kier molecular flexibility index (Phi) is 3.14. The van der Waals surface area contributed by atoms with E-state index in [1.165, 1.54) is 6.07 Å². The van der Waals surface area contributed by atoms with Gasteiger partial charge in [0, 0.05) is 0 Å². The average Bonchev–Trinajstić information content (AvgIpc) is 2.19. The highest BCUT2D eigenvalue weighted by Gasteiger charge is 2.20. The first-order valence-electron chi connectivity index (χ1n) is 4.50. The summed E-state index contributed by atoms with van der Waals surface area (Å²) in [5.74, 6) is -2.00. The maximum absolute atomic E-state index is 13.3. The lowest BCUT2D eigenvalue weighted by molar-refractivity contribution is 0.234. The van der Waals surface area contributed by atoms with Crippen molar-refractivity contribution < 1.29 is 13.9 Å². The number of aliphatic hydroxyl groups is 1. The van der Waals surface area contributed by atoms with Crippen molar-refractivity contribution >= 4 is 11.4 Å². The third kappa shape index (κ3) is 2.56. The fourth-order valence-corrected chi connectivity index (χ4v) is 1.07. The molecule has 1 rings (SSSR count). The molecule has 0 radical (unpaired) electrons. The molecule has 0 fully saturated rings. The van der Waals surface area contributed by atoms with Crippen molar-refractivity contribution in [3.8, 4) is 0 Å². The van der Waals surface area contributed by atoms with E-state index in [1.54, 1.807) is 13.8 Å². The van der Waals surface area contributed by atoms with Crippen LogP contribution in [0.25, 0.3) is 0 Å². The summed E-state index contributed by atoms with van der Waals surface area (Å²) >= 11 is 0. The Morgan fingerprint density at radius 2 is 2.00 bits per heavy atom. The number of nitrogens with two attached hydrogens (primary N) is 1. The highest BCUT2D eigenvalue weighted by Crippen LogP contribution is 2.27. The molecular formula is C10H14F2N2O. The van der Waals surface area contributed by atoms with E-state index in [9.17, 15) is 8.78 Å². The van der Waals surface area contributed by atoms with Crippen molar-refractivity contribution in [1.29, 1.82) is 0 Å². The van der Waals surface area contributed by atoms with E-state index >= 15 is 0 Å². The van der Waals surface area contributed by atoms with Gasteiger partial charge in [0.25, 0.3) is 0 Å². The first-order valence-corrected chi connectivity index (χ1v) is 4.50. The molecule has 1 aromatic rings. The molecule has 3 nitrogen and oxygen atoms in total. The maximum Gasteiger partial charge on any atom is 0.183 e. The summed E-state index contributed by atoms with van der Waals surface area (Å²) < 4.78 is 26.2.